The van der Waals surface area contributed by atoms with Gasteiger partial charge in [0.2, 0.25) is 5.91 Å². The maximum absolute atomic E-state index is 11.9. The molecule has 0 aliphatic heterocycles. The Morgan fingerprint density at radius 1 is 0.963 bits per heavy atom. The van der Waals surface area contributed by atoms with Crippen molar-refractivity contribution >= 4 is 22.9 Å². The number of nitrogens with one attached hydrogen (secondary N) is 3. The molecule has 3 N–H and O–H groups in total. The van der Waals surface area contributed by atoms with Gasteiger partial charge in [-0.2, -0.15) is 0 Å². The lowest BCUT2D eigenvalue weighted by atomic mass is 10.1. The summed E-state index contributed by atoms with van der Waals surface area (Å²) in [5.74, 6) is -0.656. The molecule has 0 unspecified atom stereocenters. The molecule has 7 nitrogen and oxygen atoms in total. The summed E-state index contributed by atoms with van der Waals surface area (Å²) in [6.45, 7) is 0.0570. The topological polar surface area (TPSA) is 104 Å². The zero-order valence-electron chi connectivity index (χ0n) is 14.8. The lowest BCUT2D eigenvalue weighted by Crippen LogP contribution is -2.30. The van der Waals surface area contributed by atoms with Crippen LogP contribution in [0.15, 0.2) is 53.3 Å². The molecule has 2 aromatic carbocycles. The molecule has 1 amide bonds. The van der Waals surface area contributed by atoms with Gasteiger partial charge in [0.1, 0.15) is 13.2 Å². The minimum Gasteiger partial charge on any atom is -0.460 e. The van der Waals surface area contributed by atoms with E-state index in [9.17, 15) is 14.4 Å². The van der Waals surface area contributed by atoms with Crippen molar-refractivity contribution < 1.29 is 14.3 Å². The van der Waals surface area contributed by atoms with Crippen molar-refractivity contribution in [1.29, 1.82) is 0 Å². The number of fused-ring (bicyclic) bond motifs is 1. The molecular formula is C20H21N3O4. The number of rotatable bonds is 8. The number of benzene rings is 2. The van der Waals surface area contributed by atoms with Gasteiger partial charge in [0.25, 0.3) is 0 Å². The summed E-state index contributed by atoms with van der Waals surface area (Å²) in [7, 11) is 0. The molecule has 0 bridgehead atoms. The Bertz CT molecular complexity index is 976. The van der Waals surface area contributed by atoms with Crippen LogP contribution >= 0.6 is 0 Å². The van der Waals surface area contributed by atoms with Crippen LogP contribution in [0.25, 0.3) is 11.0 Å². The minimum atomic E-state index is -0.464. The second kappa shape index (κ2) is 8.84. The molecule has 0 saturated carbocycles. The van der Waals surface area contributed by atoms with Gasteiger partial charge >= 0.3 is 11.7 Å². The highest BCUT2D eigenvalue weighted by Crippen LogP contribution is 2.12. The number of imidazole rings is 1. The first-order valence-corrected chi connectivity index (χ1v) is 8.77. The zero-order chi connectivity index (χ0) is 19.1. The van der Waals surface area contributed by atoms with Gasteiger partial charge < -0.3 is 20.0 Å². The lowest BCUT2D eigenvalue weighted by Gasteiger charge is -2.07. The molecule has 0 aliphatic carbocycles. The van der Waals surface area contributed by atoms with Crippen LogP contribution in [0.4, 0.5) is 0 Å². The first-order chi connectivity index (χ1) is 13.1. The van der Waals surface area contributed by atoms with Crippen LogP contribution in [0.3, 0.4) is 0 Å². The lowest BCUT2D eigenvalue weighted by molar-refractivity contribution is -0.145. The van der Waals surface area contributed by atoms with E-state index in [-0.39, 0.29) is 24.7 Å². The molecule has 140 valence electrons. The summed E-state index contributed by atoms with van der Waals surface area (Å²) in [5, 5.41) is 2.57. The first-order valence-electron chi connectivity index (χ1n) is 8.77. The summed E-state index contributed by atoms with van der Waals surface area (Å²) in [5.41, 5.74) is 3.21. The highest BCUT2D eigenvalue weighted by Gasteiger charge is 2.07. The van der Waals surface area contributed by atoms with Gasteiger partial charge in [-0.25, -0.2) is 4.79 Å². The van der Waals surface area contributed by atoms with Gasteiger partial charge in [-0.15, -0.1) is 0 Å². The van der Waals surface area contributed by atoms with Gasteiger partial charge in [0.15, 0.2) is 0 Å². The van der Waals surface area contributed by atoms with Crippen LogP contribution in [0.1, 0.15) is 24.0 Å². The Morgan fingerprint density at radius 2 is 1.74 bits per heavy atom. The van der Waals surface area contributed by atoms with Crippen LogP contribution in [0, 0.1) is 0 Å². The minimum absolute atomic E-state index is 0.137. The summed E-state index contributed by atoms with van der Waals surface area (Å²) < 4.78 is 5.11. The molecular weight excluding hydrogens is 346 g/mol. The third kappa shape index (κ3) is 5.57. The molecule has 27 heavy (non-hydrogen) atoms. The van der Waals surface area contributed by atoms with Gasteiger partial charge in [-0.3, -0.25) is 9.59 Å². The van der Waals surface area contributed by atoms with E-state index in [2.05, 4.69) is 15.3 Å². The van der Waals surface area contributed by atoms with Crippen LogP contribution in [-0.4, -0.2) is 28.4 Å². The van der Waals surface area contributed by atoms with Crippen molar-refractivity contribution in [1.82, 2.24) is 15.3 Å². The fraction of sp³-hybridized carbons (Fsp3) is 0.250. The number of aromatic amines is 2. The number of ether oxygens (including phenoxy) is 1. The molecule has 1 heterocycles. The molecule has 0 spiro atoms. The van der Waals surface area contributed by atoms with Gasteiger partial charge in [-0.05, 0) is 36.1 Å². The third-order valence-corrected chi connectivity index (χ3v) is 4.12. The van der Waals surface area contributed by atoms with Crippen molar-refractivity contribution in [3.05, 3.63) is 70.1 Å². The molecule has 3 rings (SSSR count). The number of carbonyl (C=O) groups excluding carboxylic acids is 2. The average Bonchev–Trinajstić information content (AvgIpc) is 3.05. The number of esters is 1. The average molecular weight is 367 g/mol. The maximum atomic E-state index is 11.9. The highest BCUT2D eigenvalue weighted by atomic mass is 16.5. The largest absolute Gasteiger partial charge is 0.460 e. The second-order valence-electron chi connectivity index (χ2n) is 6.24. The summed E-state index contributed by atoms with van der Waals surface area (Å²) >= 11 is 0. The Kier molecular flexibility index (Phi) is 6.04. The number of hydrogen-bond acceptors (Lipinski definition) is 4. The molecule has 0 radical (unpaired) electrons. The Morgan fingerprint density at radius 3 is 2.56 bits per heavy atom. The smallest absolute Gasteiger partial charge is 0.325 e. The van der Waals surface area contributed by atoms with Gasteiger partial charge in [-0.1, -0.05) is 36.4 Å². The molecule has 1 aromatic heterocycles. The van der Waals surface area contributed by atoms with Gasteiger partial charge in [0.05, 0.1) is 11.0 Å². The SMILES string of the molecule is O=C(CCCc1ccc2[nH]c(=O)[nH]c2c1)NCC(=O)OCc1ccccc1. The van der Waals surface area contributed by atoms with Crippen molar-refractivity contribution in [3.8, 4) is 0 Å². The van der Waals surface area contributed by atoms with Crippen LogP contribution in [0.2, 0.25) is 0 Å². The number of carbonyl (C=O) groups is 2. The second-order valence-corrected chi connectivity index (χ2v) is 6.24. The van der Waals surface area contributed by atoms with Crippen molar-refractivity contribution in [3.63, 3.8) is 0 Å². The first kappa shape index (κ1) is 18.4. The van der Waals surface area contributed by atoms with Crippen molar-refractivity contribution in [2.75, 3.05) is 6.54 Å². The van der Waals surface area contributed by atoms with Gasteiger partial charge in [0, 0.05) is 6.42 Å². The van der Waals surface area contributed by atoms with E-state index in [1.165, 1.54) is 0 Å². The summed E-state index contributed by atoms with van der Waals surface area (Å²) in [6, 6.07) is 15.0. The molecule has 0 saturated heterocycles. The van der Waals surface area contributed by atoms with Crippen LogP contribution < -0.4 is 11.0 Å². The standard InChI is InChI=1S/C20H21N3O4/c24-18(21-12-19(25)27-13-15-5-2-1-3-6-15)8-4-7-14-9-10-16-17(11-14)23-20(26)22-16/h1-3,5-6,9-11H,4,7-8,12-13H2,(H,21,24)(H2,22,23,26). The summed E-state index contributed by atoms with van der Waals surface area (Å²) in [4.78, 5) is 40.2. The van der Waals surface area contributed by atoms with Crippen LogP contribution in [-0.2, 0) is 27.4 Å². The molecule has 0 atom stereocenters. The van der Waals surface area contributed by atoms with E-state index in [0.29, 0.717) is 19.3 Å². The Labute approximate surface area is 155 Å². The monoisotopic (exact) mass is 367 g/mol. The fourth-order valence-electron chi connectivity index (χ4n) is 2.74. The van der Waals surface area contributed by atoms with E-state index in [1.54, 1.807) is 0 Å². The number of aromatic nitrogens is 2. The predicted molar refractivity (Wildman–Crippen MR) is 101 cm³/mol. The Hall–Kier alpha value is -3.35. The van der Waals surface area contributed by atoms with Crippen molar-refractivity contribution in [2.24, 2.45) is 0 Å². The number of amides is 1. The van der Waals surface area contributed by atoms with E-state index in [0.717, 1.165) is 22.2 Å². The van der Waals surface area contributed by atoms with E-state index in [1.807, 2.05) is 48.5 Å². The molecule has 7 heteroatoms. The van der Waals surface area contributed by atoms with E-state index < -0.39 is 5.97 Å². The molecule has 0 aliphatic rings. The summed E-state index contributed by atoms with van der Waals surface area (Å²) in [6.07, 6.45) is 1.66. The molecule has 3 aromatic rings. The van der Waals surface area contributed by atoms with Crippen LogP contribution in [0.5, 0.6) is 0 Å². The quantitative estimate of drug-likeness (QED) is 0.530. The fourth-order valence-corrected chi connectivity index (χ4v) is 2.74. The predicted octanol–water partition coefficient (Wildman–Crippen LogP) is 2.04. The Balaban J connectivity index is 1.35. The number of H-pyrrole nitrogens is 2. The number of hydrogen-bond donors (Lipinski definition) is 3. The maximum Gasteiger partial charge on any atom is 0.325 e. The van der Waals surface area contributed by atoms with E-state index in [4.69, 9.17) is 4.74 Å². The normalized spacial score (nSPS) is 10.7. The van der Waals surface area contributed by atoms with Crippen molar-refractivity contribution in [2.45, 2.75) is 25.9 Å². The molecule has 0 fully saturated rings. The zero-order valence-corrected chi connectivity index (χ0v) is 14.8. The van der Waals surface area contributed by atoms with E-state index >= 15 is 0 Å². The third-order valence-electron chi connectivity index (χ3n) is 4.12. The highest BCUT2D eigenvalue weighted by molar-refractivity contribution is 5.81. The number of aryl methyl sites for hydroxylation is 1.